The van der Waals surface area contributed by atoms with E-state index in [1.807, 2.05) is 10.8 Å². The Morgan fingerprint density at radius 3 is 2.60 bits per heavy atom. The number of aromatic nitrogens is 2. The van der Waals surface area contributed by atoms with Gasteiger partial charge < -0.3 is 5.32 Å². The van der Waals surface area contributed by atoms with E-state index in [1.165, 1.54) is 22.7 Å². The SMILES string of the molecule is CC(C)(C)c1csc(NC(=O)Cc2nc(CCl)cs2)n1. The first-order chi connectivity index (χ1) is 9.38. The normalized spacial score (nSPS) is 11.6. The Kier molecular flexibility index (Phi) is 4.78. The van der Waals surface area contributed by atoms with Crippen molar-refractivity contribution in [1.82, 2.24) is 9.97 Å². The van der Waals surface area contributed by atoms with Crippen LogP contribution in [0.3, 0.4) is 0 Å². The predicted molar refractivity (Wildman–Crippen MR) is 84.8 cm³/mol. The highest BCUT2D eigenvalue weighted by Crippen LogP contribution is 2.26. The van der Waals surface area contributed by atoms with Gasteiger partial charge in [0.25, 0.3) is 0 Å². The molecular formula is C13H16ClN3OS2. The number of anilines is 1. The van der Waals surface area contributed by atoms with Crippen molar-refractivity contribution in [2.75, 3.05) is 5.32 Å². The molecule has 0 aromatic carbocycles. The predicted octanol–water partition coefficient (Wildman–Crippen LogP) is 3.82. The van der Waals surface area contributed by atoms with E-state index in [0.717, 1.165) is 16.4 Å². The third-order valence-corrected chi connectivity index (χ3v) is 4.50. The van der Waals surface area contributed by atoms with Crippen LogP contribution in [0.4, 0.5) is 5.13 Å². The van der Waals surface area contributed by atoms with Gasteiger partial charge in [0.05, 0.1) is 23.7 Å². The van der Waals surface area contributed by atoms with Crippen molar-refractivity contribution in [2.45, 2.75) is 38.5 Å². The lowest BCUT2D eigenvalue weighted by Crippen LogP contribution is -2.15. The van der Waals surface area contributed by atoms with Gasteiger partial charge >= 0.3 is 0 Å². The fourth-order valence-electron chi connectivity index (χ4n) is 1.47. The van der Waals surface area contributed by atoms with Crippen LogP contribution in [0.1, 0.15) is 37.2 Å². The lowest BCUT2D eigenvalue weighted by Gasteiger charge is -2.14. The molecule has 0 aliphatic carbocycles. The zero-order chi connectivity index (χ0) is 14.8. The molecule has 7 heteroatoms. The zero-order valence-electron chi connectivity index (χ0n) is 11.6. The molecule has 0 saturated heterocycles. The molecule has 108 valence electrons. The Morgan fingerprint density at radius 1 is 1.30 bits per heavy atom. The molecule has 0 aliphatic rings. The number of halogens is 1. The number of carbonyl (C=O) groups excluding carboxylic acids is 1. The third kappa shape index (κ3) is 4.01. The van der Waals surface area contributed by atoms with E-state index < -0.39 is 0 Å². The van der Waals surface area contributed by atoms with E-state index >= 15 is 0 Å². The van der Waals surface area contributed by atoms with Crippen molar-refractivity contribution in [3.8, 4) is 0 Å². The summed E-state index contributed by atoms with van der Waals surface area (Å²) in [5, 5.41) is 8.06. The van der Waals surface area contributed by atoms with Crippen LogP contribution in [0.5, 0.6) is 0 Å². The third-order valence-electron chi connectivity index (χ3n) is 2.57. The molecule has 0 radical (unpaired) electrons. The number of hydrogen-bond acceptors (Lipinski definition) is 5. The van der Waals surface area contributed by atoms with E-state index in [1.54, 1.807) is 0 Å². The van der Waals surface area contributed by atoms with E-state index in [4.69, 9.17) is 11.6 Å². The van der Waals surface area contributed by atoms with E-state index in [2.05, 4.69) is 36.1 Å². The average Bonchev–Trinajstić information content (AvgIpc) is 2.97. The molecule has 0 saturated carbocycles. The second-order valence-corrected chi connectivity index (χ2v) is 7.45. The summed E-state index contributed by atoms with van der Waals surface area (Å²) in [6.07, 6.45) is 0.256. The molecule has 0 spiro atoms. The Balaban J connectivity index is 1.96. The maximum Gasteiger partial charge on any atom is 0.233 e. The summed E-state index contributed by atoms with van der Waals surface area (Å²) >= 11 is 8.58. The van der Waals surface area contributed by atoms with Gasteiger partial charge in [0.15, 0.2) is 5.13 Å². The summed E-state index contributed by atoms with van der Waals surface area (Å²) in [6.45, 7) is 6.28. The molecule has 0 atom stereocenters. The van der Waals surface area contributed by atoms with Crippen molar-refractivity contribution in [2.24, 2.45) is 0 Å². The van der Waals surface area contributed by atoms with Crippen LogP contribution in [-0.4, -0.2) is 15.9 Å². The minimum absolute atomic E-state index is 0.00989. The van der Waals surface area contributed by atoms with Crippen LogP contribution < -0.4 is 5.32 Å². The van der Waals surface area contributed by atoms with Crippen molar-refractivity contribution < 1.29 is 4.79 Å². The summed E-state index contributed by atoms with van der Waals surface area (Å²) in [7, 11) is 0. The zero-order valence-corrected chi connectivity index (χ0v) is 14.0. The Hall–Kier alpha value is -0.980. The molecule has 0 aliphatic heterocycles. The molecule has 1 amide bonds. The molecule has 0 fully saturated rings. The molecule has 2 rings (SSSR count). The number of amides is 1. The second-order valence-electron chi connectivity index (χ2n) is 5.38. The van der Waals surface area contributed by atoms with Crippen molar-refractivity contribution >= 4 is 45.3 Å². The quantitative estimate of drug-likeness (QED) is 0.868. The van der Waals surface area contributed by atoms with Crippen LogP contribution >= 0.6 is 34.3 Å². The van der Waals surface area contributed by atoms with Gasteiger partial charge in [-0.1, -0.05) is 20.8 Å². The molecule has 20 heavy (non-hydrogen) atoms. The highest BCUT2D eigenvalue weighted by Gasteiger charge is 2.18. The molecule has 2 aromatic rings. The van der Waals surface area contributed by atoms with Gasteiger partial charge in [0.2, 0.25) is 5.91 Å². The smallest absolute Gasteiger partial charge is 0.233 e. The molecule has 1 N–H and O–H groups in total. The first-order valence-electron chi connectivity index (χ1n) is 6.13. The van der Waals surface area contributed by atoms with Gasteiger partial charge in [-0.3, -0.25) is 4.79 Å². The number of carbonyl (C=O) groups is 1. The van der Waals surface area contributed by atoms with Gasteiger partial charge in [0, 0.05) is 16.2 Å². The molecular weight excluding hydrogens is 314 g/mol. The second kappa shape index (κ2) is 6.20. The monoisotopic (exact) mass is 329 g/mol. The molecule has 2 heterocycles. The van der Waals surface area contributed by atoms with Crippen LogP contribution in [-0.2, 0) is 22.5 Å². The van der Waals surface area contributed by atoms with Crippen LogP contribution in [0.2, 0.25) is 0 Å². The summed E-state index contributed by atoms with van der Waals surface area (Å²) in [5.74, 6) is 0.273. The average molecular weight is 330 g/mol. The lowest BCUT2D eigenvalue weighted by molar-refractivity contribution is -0.115. The number of nitrogens with one attached hydrogen (secondary N) is 1. The summed E-state index contributed by atoms with van der Waals surface area (Å²) in [6, 6.07) is 0. The first-order valence-corrected chi connectivity index (χ1v) is 8.43. The topological polar surface area (TPSA) is 54.9 Å². The van der Waals surface area contributed by atoms with Gasteiger partial charge in [-0.25, -0.2) is 9.97 Å². The summed E-state index contributed by atoms with van der Waals surface area (Å²) < 4.78 is 0. The number of hydrogen-bond donors (Lipinski definition) is 1. The maximum absolute atomic E-state index is 11.9. The Bertz CT molecular complexity index is 601. The largest absolute Gasteiger partial charge is 0.302 e. The molecule has 4 nitrogen and oxygen atoms in total. The fraction of sp³-hybridized carbons (Fsp3) is 0.462. The highest BCUT2D eigenvalue weighted by molar-refractivity contribution is 7.14. The van der Waals surface area contributed by atoms with Crippen LogP contribution in [0, 0.1) is 0 Å². The van der Waals surface area contributed by atoms with Gasteiger partial charge in [-0.05, 0) is 0 Å². The minimum Gasteiger partial charge on any atom is -0.302 e. The van der Waals surface area contributed by atoms with Crippen molar-refractivity contribution in [3.63, 3.8) is 0 Å². The summed E-state index contributed by atoms with van der Waals surface area (Å²) in [4.78, 5) is 20.6. The van der Waals surface area contributed by atoms with E-state index in [0.29, 0.717) is 11.0 Å². The Morgan fingerprint density at radius 2 is 2.05 bits per heavy atom. The van der Waals surface area contributed by atoms with Gasteiger partial charge in [-0.15, -0.1) is 34.3 Å². The highest BCUT2D eigenvalue weighted by atomic mass is 35.5. The number of rotatable bonds is 4. The number of alkyl halides is 1. The maximum atomic E-state index is 11.9. The van der Waals surface area contributed by atoms with Crippen molar-refractivity contribution in [3.05, 3.63) is 27.2 Å². The van der Waals surface area contributed by atoms with Crippen LogP contribution in [0.15, 0.2) is 10.8 Å². The van der Waals surface area contributed by atoms with Crippen LogP contribution in [0.25, 0.3) is 0 Å². The first kappa shape index (κ1) is 15.4. The number of nitrogens with zero attached hydrogens (tertiary/aromatic N) is 2. The summed E-state index contributed by atoms with van der Waals surface area (Å²) in [5.41, 5.74) is 1.78. The number of thiazole rings is 2. The fourth-order valence-corrected chi connectivity index (χ4v) is 3.44. The molecule has 0 bridgehead atoms. The van der Waals surface area contributed by atoms with Crippen molar-refractivity contribution in [1.29, 1.82) is 0 Å². The standard InChI is InChI=1S/C13H16ClN3OS2/c1-13(2,3)9-7-20-12(16-9)17-10(18)4-11-15-8(5-14)6-19-11/h6-7H,4-5H2,1-3H3,(H,16,17,18). The minimum atomic E-state index is -0.102. The van der Waals surface area contributed by atoms with E-state index in [9.17, 15) is 4.79 Å². The molecule has 2 aromatic heterocycles. The van der Waals surface area contributed by atoms with E-state index in [-0.39, 0.29) is 17.7 Å². The van der Waals surface area contributed by atoms with Gasteiger partial charge in [-0.2, -0.15) is 0 Å². The van der Waals surface area contributed by atoms with Gasteiger partial charge in [0.1, 0.15) is 5.01 Å². The molecule has 0 unspecified atom stereocenters. The Labute approximate surface area is 131 Å². The lowest BCUT2D eigenvalue weighted by atomic mass is 9.93.